The second-order valence-electron chi connectivity index (χ2n) is 38.8. The Morgan fingerprint density at radius 2 is 0.698 bits per heavy atom. The van der Waals surface area contributed by atoms with Crippen LogP contribution in [0.2, 0.25) is 0 Å². The van der Waals surface area contributed by atoms with E-state index in [4.69, 9.17) is 93.0 Å². The maximum Gasteiger partial charge on any atom is 0.496 e. The van der Waals surface area contributed by atoms with Gasteiger partial charge >= 0.3 is 21.1 Å². The number of aliphatic hydroxyl groups excluding tert-OH is 1. The Labute approximate surface area is 843 Å². The van der Waals surface area contributed by atoms with Gasteiger partial charge in [0.25, 0.3) is 11.9 Å². The molecule has 11 heterocycles. The fraction of sp³-hybridized carbons (Fsp3) is 0.684. The minimum absolute atomic E-state index is 0. The molecule has 39 nitrogen and oxygen atoms in total. The smallest absolute Gasteiger partial charge is 0.481 e. The fourth-order valence-corrected chi connectivity index (χ4v) is 16.6. The quantitative estimate of drug-likeness (QED) is 0.0232. The molecule has 7 aliphatic heterocycles. The number of piperazine rings is 4. The number of hydrogen-bond acceptors (Lipinski definition) is 31. The zero-order valence-corrected chi connectivity index (χ0v) is 90.0. The summed E-state index contributed by atoms with van der Waals surface area (Å²) in [7, 11) is 5.85. The van der Waals surface area contributed by atoms with Gasteiger partial charge in [0, 0.05) is 190 Å². The Hall–Kier alpha value is -9.56. The molecule has 771 valence electrons. The molecule has 139 heavy (non-hydrogen) atoms. The van der Waals surface area contributed by atoms with E-state index in [9.17, 15) is 40.2 Å². The van der Waals surface area contributed by atoms with Crippen LogP contribution in [0, 0.1) is 45.3 Å². The zero-order valence-electron chi connectivity index (χ0n) is 87.4. The van der Waals surface area contributed by atoms with Gasteiger partial charge in [0.1, 0.15) is 47.5 Å². The van der Waals surface area contributed by atoms with Gasteiger partial charge in [0.2, 0.25) is 23.6 Å². The van der Waals surface area contributed by atoms with Crippen molar-refractivity contribution in [1.29, 1.82) is 21.0 Å². The molecule has 4 amide bonds. The van der Waals surface area contributed by atoms with Gasteiger partial charge in [0.05, 0.1) is 136 Å². The van der Waals surface area contributed by atoms with Crippen molar-refractivity contribution in [2.24, 2.45) is 5.11 Å². The van der Waals surface area contributed by atoms with Crippen LogP contribution in [-0.2, 0) is 92.7 Å². The molecule has 0 bridgehead atoms. The summed E-state index contributed by atoms with van der Waals surface area (Å²) in [5, 5.41) is 64.0. The van der Waals surface area contributed by atoms with E-state index in [0.717, 1.165) is 48.0 Å². The molecule has 0 aliphatic carbocycles. The Kier molecular flexibility index (Phi) is 49.6. The second kappa shape index (κ2) is 55.7. The Morgan fingerprint density at radius 3 is 0.957 bits per heavy atom. The molecule has 4 aromatic rings. The summed E-state index contributed by atoms with van der Waals surface area (Å²) in [4.78, 5) is 105. The average Bonchev–Trinajstić information content (AvgIpc) is 1.58. The van der Waals surface area contributed by atoms with E-state index in [0.29, 0.717) is 193 Å². The number of carboxylic acids is 2. The Morgan fingerprint density at radius 1 is 0.453 bits per heavy atom. The number of azide groups is 1. The second-order valence-corrected chi connectivity index (χ2v) is 39.6. The summed E-state index contributed by atoms with van der Waals surface area (Å²) in [6.45, 7) is 60.0. The first-order chi connectivity index (χ1) is 64.4. The van der Waals surface area contributed by atoms with Crippen molar-refractivity contribution in [3.63, 3.8) is 0 Å². The molecule has 7 fully saturated rings. The number of carboxylic acid groups (broad SMARTS) is 2. The summed E-state index contributed by atoms with van der Waals surface area (Å²) in [5.41, 5.74) is 19.4. The number of pyridine rings is 4. The van der Waals surface area contributed by atoms with E-state index >= 15 is 0 Å². The van der Waals surface area contributed by atoms with Gasteiger partial charge in [-0.3, -0.25) is 28.8 Å². The third-order valence-corrected chi connectivity index (χ3v) is 25.9. The maximum absolute atomic E-state index is 12.5. The molecule has 11 rings (SSSR count). The van der Waals surface area contributed by atoms with Crippen LogP contribution in [0.5, 0.6) is 0 Å². The van der Waals surface area contributed by atoms with Crippen molar-refractivity contribution in [2.45, 2.75) is 287 Å². The number of nitrogens with zero attached hydrogens (tertiary/aromatic N) is 19. The number of methoxy groups -OCH3 is 4. The standard InChI is InChI=1S/C24H37BN4O4.C18H25BrN4O2.C18H25N7O2.C18H27N5O2.C12H24B2O4.2C2H4O2.CH4O.Cu/c1-16(2)21-19(25-32-23(4,5)24(6,7)33-25)13-18(14-26)22(27-21)28-10-11-29(17(3)15-28)20(30)9-12-31-8;1-12(2)17-15(19)9-14(10-20)18(21-17)22-6-7-23(13(3)11-22)16(24)5-8-25-4;1-12(2)17-15(22-23-20)9-14(10-19)18(21-17)24-6-7-25(13(3)11-24)16(26)5-8-27-4;1-12(2)17-15(20)9-14(10-19)18(21-17)22-6-7-23(13(3)11-22)16(24)5-8-25-4;1-9(2)10(3,4)16-13(15-9)14-17-11(5,6)12(7,8)18-14;2*1-2(3)4;1-2;/h13,16-17H,9-12,15H2,1-8H3;9,12-13H,5-8,11H2,1-4H3;9,12-13H,5-8,11H2,1-4H3;9,12-13H,5-8,11,20H2,1-4H3;1-8H3;2*1H3,(H,3,4);2H,1H3;/t17-;3*13-;;;;;/m1111...../s1. The van der Waals surface area contributed by atoms with Crippen molar-refractivity contribution in [3.05, 3.63) is 84.2 Å². The van der Waals surface area contributed by atoms with Crippen molar-refractivity contribution < 1.29 is 108 Å². The third-order valence-electron chi connectivity index (χ3n) is 25.3. The Bertz CT molecular complexity index is 4770. The largest absolute Gasteiger partial charge is 0.496 e. The maximum atomic E-state index is 12.5. The van der Waals surface area contributed by atoms with Crippen LogP contribution in [0.25, 0.3) is 10.4 Å². The number of carbonyl (C=O) groups excluding carboxylic acids is 4. The van der Waals surface area contributed by atoms with Crippen molar-refractivity contribution >= 4 is 113 Å². The van der Waals surface area contributed by atoms with Crippen LogP contribution >= 0.6 is 15.9 Å². The number of anilines is 5. The molecule has 4 atom stereocenters. The summed E-state index contributed by atoms with van der Waals surface area (Å²) in [5.74, 6) is 1.94. The molecule has 7 aliphatic rings. The molecule has 5 N–H and O–H groups in total. The number of amides is 4. The molecule has 4 aromatic heterocycles. The number of aromatic nitrogens is 4. The van der Waals surface area contributed by atoms with E-state index in [1.165, 1.54) is 0 Å². The topological polar surface area (TPSA) is 503 Å². The number of nitrogens with two attached hydrogens (primary N) is 1. The predicted octanol–water partition coefficient (Wildman–Crippen LogP) is 12.2. The third kappa shape index (κ3) is 33.8. The molecular weight excluding hydrogens is 1900 g/mol. The van der Waals surface area contributed by atoms with Gasteiger partial charge < -0.3 is 107 Å². The number of nitriles is 4. The number of rotatable bonds is 23. The van der Waals surface area contributed by atoms with Crippen LogP contribution < -0.4 is 30.8 Å². The first kappa shape index (κ1) is 124. The van der Waals surface area contributed by atoms with Crippen molar-refractivity contribution in [1.82, 2.24) is 39.5 Å². The molecule has 7 saturated heterocycles. The fourth-order valence-electron chi connectivity index (χ4n) is 15.8. The van der Waals surface area contributed by atoms with Gasteiger partial charge in [-0.15, -0.1) is 0 Å². The van der Waals surface area contributed by atoms with E-state index in [2.05, 4.69) is 103 Å². The average molecular weight is 2050 g/mol. The number of aliphatic carboxylic acids is 2. The van der Waals surface area contributed by atoms with E-state index in [1.54, 1.807) is 40.6 Å². The number of hydrogen-bond donors (Lipinski definition) is 4. The van der Waals surface area contributed by atoms with Crippen LogP contribution in [0.4, 0.5) is 34.6 Å². The van der Waals surface area contributed by atoms with E-state index in [1.807, 2.05) is 175 Å². The number of halogens is 1. The van der Waals surface area contributed by atoms with Crippen LogP contribution in [0.15, 0.2) is 33.9 Å². The van der Waals surface area contributed by atoms with E-state index in [-0.39, 0.29) is 111 Å². The van der Waals surface area contributed by atoms with Gasteiger partial charge in [-0.05, 0) is 180 Å². The number of ether oxygens (including phenoxy) is 4. The molecule has 0 spiro atoms. The number of nitrogen functional groups attached to an aromatic ring is 1. The minimum atomic E-state index is -0.833. The molecular formula is C95H150B3BrCuN20O19. The van der Waals surface area contributed by atoms with Crippen molar-refractivity contribution in [2.75, 3.05) is 166 Å². The summed E-state index contributed by atoms with van der Waals surface area (Å²) in [6.07, 6.45) is 1.53. The minimum Gasteiger partial charge on any atom is -0.481 e. The van der Waals surface area contributed by atoms with Crippen LogP contribution in [-0.4, -0.2) is 310 Å². The molecule has 0 unspecified atom stereocenters. The van der Waals surface area contributed by atoms with Gasteiger partial charge in [-0.2, -0.15) is 21.0 Å². The normalized spacial score (nSPS) is 19.4. The Balaban J connectivity index is 0.000000439. The van der Waals surface area contributed by atoms with E-state index < -0.39 is 44.3 Å². The predicted molar refractivity (Wildman–Crippen MR) is 535 cm³/mol. The molecule has 44 heteroatoms. The van der Waals surface area contributed by atoms with Gasteiger partial charge in [0.15, 0.2) is 0 Å². The van der Waals surface area contributed by atoms with Gasteiger partial charge in [-0.25, -0.2) is 19.9 Å². The van der Waals surface area contributed by atoms with Gasteiger partial charge in [-0.1, -0.05) is 60.5 Å². The van der Waals surface area contributed by atoms with Crippen LogP contribution in [0.1, 0.15) is 274 Å². The zero-order chi connectivity index (χ0) is 105. The first-order valence-corrected chi connectivity index (χ1v) is 47.6. The SMILES string of the molecule is CC(=O)O.CC(=O)O.CC1(C)OB(B2OC(C)(C)C(C)(C)O2)OC1(C)C.CO.COCCC(=O)N1CCN(c2nc(C(C)C)c(B3OC(C)(C)C(C)(C)O3)cc2C#N)C[C@H]1C.COCCC(=O)N1CCN(c2nc(C(C)C)c(Br)cc2C#N)C[C@H]1C.COCCC(=O)N1CCN(c2nc(C(C)C)c(N)cc2C#N)C[C@H]1C.COCCC(=O)N1CCN(c2nc(C(C)C)c(N=[N+]=[N-])cc2C#N)C[C@H]1C.[Cu]. The number of aliphatic hydroxyl groups is 1. The molecule has 0 saturated carbocycles. The summed E-state index contributed by atoms with van der Waals surface area (Å²) < 4.78 is 57.3. The monoisotopic (exact) mass is 2050 g/mol. The molecule has 1 radical (unpaired) electrons. The number of carbonyl (C=O) groups is 6. The van der Waals surface area contributed by atoms with Crippen LogP contribution in [0.3, 0.4) is 0 Å². The first-order valence-electron chi connectivity index (χ1n) is 46.8. The molecule has 0 aromatic carbocycles. The summed E-state index contributed by atoms with van der Waals surface area (Å²) >= 11 is 3.51. The summed E-state index contributed by atoms with van der Waals surface area (Å²) in [6, 6.07) is 16.1. The van der Waals surface area contributed by atoms with Crippen molar-refractivity contribution in [3.8, 4) is 24.3 Å².